The van der Waals surface area contributed by atoms with Crippen molar-refractivity contribution in [2.24, 2.45) is 0 Å². The van der Waals surface area contributed by atoms with Crippen molar-refractivity contribution in [3.8, 4) is 0 Å². The molecule has 0 radical (unpaired) electrons. The molecule has 0 aliphatic rings. The summed E-state index contributed by atoms with van der Waals surface area (Å²) < 4.78 is 25.6. The first kappa shape index (κ1) is 22.8. The fraction of sp³-hybridized carbons (Fsp3) is 0. The Morgan fingerprint density at radius 1 is 1.22 bits per heavy atom. The van der Waals surface area contributed by atoms with Crippen LogP contribution in [0.4, 0.5) is 0 Å². The average molecular weight is 303 g/mol. The summed E-state index contributed by atoms with van der Waals surface area (Å²) in [7, 11) is 9.47. The van der Waals surface area contributed by atoms with Gasteiger partial charge in [0.1, 0.15) is 0 Å². The Hall–Kier alpha value is 3.33. The van der Waals surface area contributed by atoms with Gasteiger partial charge in [-0.15, -0.1) is 0 Å². The topological polar surface area (TPSA) is 63.2 Å². The summed E-state index contributed by atoms with van der Waals surface area (Å²) in [5.41, 5.74) is 0. The van der Waals surface area contributed by atoms with E-state index in [0.717, 1.165) is 0 Å². The third-order valence-corrected chi connectivity index (χ3v) is 0. The molecule has 0 unspecified atom stereocenters. The minimum atomic E-state index is -3.79. The molecule has 0 aromatic rings. The molecule has 0 aromatic carbocycles. The van der Waals surface area contributed by atoms with E-state index in [0.29, 0.717) is 12.9 Å². The quantitative estimate of drug-likeness (QED) is 0.418. The minimum absolute atomic E-state index is 0. The van der Waals surface area contributed by atoms with Gasteiger partial charge in [0.2, 0.25) is 0 Å². The SMILES string of the molecule is O=[Se]([O-])[O-].[Cl][Co][Cl].[Na+].[Na+]. The zero-order valence-electron chi connectivity index (χ0n) is 4.72. The molecule has 0 bridgehead atoms. The Bertz CT molecular complexity index is 51.1. The fourth-order valence-electron chi connectivity index (χ4n) is 0. The van der Waals surface area contributed by atoms with Crippen LogP contribution in [0.1, 0.15) is 0 Å². The molecule has 0 atom stereocenters. The van der Waals surface area contributed by atoms with Crippen molar-refractivity contribution >= 4 is 34.8 Å². The molecule has 0 aromatic heterocycles. The van der Waals surface area contributed by atoms with E-state index in [4.69, 9.17) is 32.5 Å². The maximum atomic E-state index is 8.54. The second-order valence-electron chi connectivity index (χ2n) is 0.252. The Balaban J connectivity index is -0.0000000233. The van der Waals surface area contributed by atoms with Crippen molar-refractivity contribution in [1.29, 1.82) is 0 Å². The molecule has 0 fully saturated rings. The zero-order chi connectivity index (χ0) is 6.28. The summed E-state index contributed by atoms with van der Waals surface area (Å²) in [6.07, 6.45) is 0. The van der Waals surface area contributed by atoms with E-state index in [1.165, 1.54) is 0 Å². The van der Waals surface area contributed by atoms with Crippen LogP contribution in [0.3, 0.4) is 0 Å². The molecule has 0 rings (SSSR count). The van der Waals surface area contributed by atoms with E-state index in [1.807, 2.05) is 0 Å². The fourth-order valence-corrected chi connectivity index (χ4v) is 0. The van der Waals surface area contributed by atoms with Gasteiger partial charge in [-0.25, -0.2) is 0 Å². The average Bonchev–Trinajstić information content (AvgIpc) is 1.33. The van der Waals surface area contributed by atoms with Crippen LogP contribution >= 0.6 is 20.3 Å². The van der Waals surface area contributed by atoms with Crippen LogP contribution in [0.25, 0.3) is 0 Å². The van der Waals surface area contributed by atoms with Gasteiger partial charge in [0.15, 0.2) is 0 Å². The largest absolute Gasteiger partial charge is 1.00 e. The van der Waals surface area contributed by atoms with E-state index in [1.54, 1.807) is 0 Å². The Morgan fingerprint density at radius 3 is 1.22 bits per heavy atom. The van der Waals surface area contributed by atoms with Crippen LogP contribution in [0.5, 0.6) is 0 Å². The van der Waals surface area contributed by atoms with Crippen molar-refractivity contribution in [2.45, 2.75) is 0 Å². The molecule has 0 amide bonds. The Kier molecular flexibility index (Phi) is 57.0. The molecule has 0 spiro atoms. The van der Waals surface area contributed by atoms with Gasteiger partial charge in [-0.3, -0.25) is 0 Å². The first-order valence-electron chi connectivity index (χ1n) is 0.752. The smallest absolute Gasteiger partial charge is 1.00 e. The van der Waals surface area contributed by atoms with Gasteiger partial charge in [0.05, 0.1) is 0 Å². The summed E-state index contributed by atoms with van der Waals surface area (Å²) in [4.78, 5) is 0. The van der Waals surface area contributed by atoms with E-state index < -0.39 is 14.5 Å². The third-order valence-electron chi connectivity index (χ3n) is 0. The normalized spacial score (nSPS) is 6.33. The van der Waals surface area contributed by atoms with E-state index >= 15 is 0 Å². The van der Waals surface area contributed by atoms with Crippen LogP contribution in [-0.2, 0) is 16.7 Å². The Morgan fingerprint density at radius 2 is 1.22 bits per heavy atom. The van der Waals surface area contributed by atoms with Crippen LogP contribution in [0.2, 0.25) is 0 Å². The predicted octanol–water partition coefficient (Wildman–Crippen LogP) is -7.49. The molecule has 9 heavy (non-hydrogen) atoms. The second-order valence-corrected chi connectivity index (χ2v) is 2.83. The minimum Gasteiger partial charge on any atom is 1.00 e. The zero-order valence-corrected chi connectivity index (χ0v) is 13.0. The molecular formula is Cl2CoNa2O3Se. The van der Waals surface area contributed by atoms with Crippen LogP contribution in [0.15, 0.2) is 0 Å². The third kappa shape index (κ3) is 89.0. The number of hydrogen-bond acceptors (Lipinski definition) is 3. The molecule has 3 nitrogen and oxygen atoms in total. The van der Waals surface area contributed by atoms with Gasteiger partial charge in [-0.2, -0.15) is 0 Å². The maximum absolute atomic E-state index is 8.54. The van der Waals surface area contributed by atoms with Gasteiger partial charge in [-0.1, -0.05) is 0 Å². The summed E-state index contributed by atoms with van der Waals surface area (Å²) in [5, 5.41) is 0. The van der Waals surface area contributed by atoms with Gasteiger partial charge >= 0.3 is 119 Å². The van der Waals surface area contributed by atoms with Crippen molar-refractivity contribution in [3.63, 3.8) is 0 Å². The summed E-state index contributed by atoms with van der Waals surface area (Å²) >= 11 is -3.41. The molecule has 0 aliphatic carbocycles. The molecule has 9 heteroatoms. The van der Waals surface area contributed by atoms with Gasteiger partial charge in [0, 0.05) is 0 Å². The molecule has 0 aliphatic heterocycles. The monoisotopic (exact) mass is 303 g/mol. The molecule has 0 N–H and O–H groups in total. The molecular weight excluding hydrogens is 303 g/mol. The van der Waals surface area contributed by atoms with Gasteiger partial charge in [-0.05, 0) is 0 Å². The van der Waals surface area contributed by atoms with Crippen molar-refractivity contribution in [3.05, 3.63) is 0 Å². The Labute approximate surface area is 117 Å². The predicted molar refractivity (Wildman–Crippen MR) is 18.1 cm³/mol. The van der Waals surface area contributed by atoms with Gasteiger partial charge < -0.3 is 0 Å². The standard InChI is InChI=1S/2ClH.Co.2Na.H2O3Se/c;;;;;1-4(2)3/h2*1H;;;;(H2,1,2,3)/q;;+2;2*+1;/p-4. The van der Waals surface area contributed by atoms with Crippen LogP contribution < -0.4 is 67.5 Å². The molecule has 0 heterocycles. The maximum Gasteiger partial charge on any atom is 1.00 e. The van der Waals surface area contributed by atoms with Gasteiger partial charge in [0.25, 0.3) is 0 Å². The molecule has 0 saturated heterocycles. The first-order chi connectivity index (χ1) is 3.15. The second kappa shape index (κ2) is 22.5. The summed E-state index contributed by atoms with van der Waals surface area (Å²) in [6.45, 7) is 0. The number of hydrogen-bond donors (Lipinski definition) is 0. The first-order valence-corrected chi connectivity index (χ1v) is 5.71. The van der Waals surface area contributed by atoms with Crippen molar-refractivity contribution in [2.75, 3.05) is 0 Å². The van der Waals surface area contributed by atoms with Crippen molar-refractivity contribution < 1.29 is 84.2 Å². The van der Waals surface area contributed by atoms with E-state index in [2.05, 4.69) is 0 Å². The van der Waals surface area contributed by atoms with E-state index in [9.17, 15) is 0 Å². The molecule has 49 valence electrons. The summed E-state index contributed by atoms with van der Waals surface area (Å²) in [6, 6.07) is 0. The molecule has 0 saturated carbocycles. The number of halogens is 2. The van der Waals surface area contributed by atoms with E-state index in [-0.39, 0.29) is 59.1 Å². The van der Waals surface area contributed by atoms with Crippen LogP contribution in [-0.4, -0.2) is 14.5 Å². The van der Waals surface area contributed by atoms with Crippen molar-refractivity contribution in [1.82, 2.24) is 0 Å². The summed E-state index contributed by atoms with van der Waals surface area (Å²) in [5.74, 6) is 0. The number of rotatable bonds is 0. The van der Waals surface area contributed by atoms with Crippen LogP contribution in [0, 0.1) is 0 Å².